The van der Waals surface area contributed by atoms with E-state index < -0.39 is 5.97 Å². The van der Waals surface area contributed by atoms with Crippen molar-refractivity contribution in [3.05, 3.63) is 29.8 Å². The Morgan fingerprint density at radius 1 is 1.30 bits per heavy atom. The molecule has 1 amide bonds. The van der Waals surface area contributed by atoms with Gasteiger partial charge in [0, 0.05) is 25.6 Å². The lowest BCUT2D eigenvalue weighted by molar-refractivity contribution is -0.139. The summed E-state index contributed by atoms with van der Waals surface area (Å²) in [5.41, 5.74) is 1.20. The number of para-hydroxylation sites is 1. The summed E-state index contributed by atoms with van der Waals surface area (Å²) in [5, 5.41) is 12.0. The van der Waals surface area contributed by atoms with Gasteiger partial charge >= 0.3 is 5.97 Å². The molecule has 0 radical (unpaired) electrons. The van der Waals surface area contributed by atoms with Crippen LogP contribution < -0.4 is 10.1 Å². The summed E-state index contributed by atoms with van der Waals surface area (Å²) in [6.45, 7) is 5.36. The van der Waals surface area contributed by atoms with E-state index in [2.05, 4.69) is 16.3 Å². The van der Waals surface area contributed by atoms with Crippen molar-refractivity contribution >= 4 is 11.9 Å². The minimum absolute atomic E-state index is 0.00576. The minimum Gasteiger partial charge on any atom is -0.488 e. The Kier molecular flexibility index (Phi) is 6.68. The van der Waals surface area contributed by atoms with Crippen molar-refractivity contribution in [1.29, 1.82) is 0 Å². The summed E-state index contributed by atoms with van der Waals surface area (Å²) >= 11 is 0. The number of benzene rings is 1. The van der Waals surface area contributed by atoms with Crippen molar-refractivity contribution in [2.24, 2.45) is 0 Å². The van der Waals surface area contributed by atoms with E-state index in [0.717, 1.165) is 44.6 Å². The van der Waals surface area contributed by atoms with Crippen LogP contribution in [0.3, 0.4) is 0 Å². The Labute approximate surface area is 160 Å². The number of hydrogen-bond acceptors (Lipinski definition) is 5. The third kappa shape index (κ3) is 5.43. The number of carboxylic acids is 1. The molecule has 0 aliphatic carbocycles. The van der Waals surface area contributed by atoms with Crippen LogP contribution in [0.25, 0.3) is 0 Å². The molecule has 1 unspecified atom stereocenters. The summed E-state index contributed by atoms with van der Waals surface area (Å²) < 4.78 is 5.85. The maximum absolute atomic E-state index is 12.3. The van der Waals surface area contributed by atoms with E-state index in [1.54, 1.807) is 0 Å². The molecule has 0 saturated carbocycles. The fraction of sp³-hybridized carbons (Fsp3) is 0.600. The summed E-state index contributed by atoms with van der Waals surface area (Å²) in [7, 11) is 0. The molecule has 2 aliphatic rings. The average Bonchev–Trinajstić information content (AvgIpc) is 3.08. The third-order valence-corrected chi connectivity index (χ3v) is 5.43. The van der Waals surface area contributed by atoms with Crippen LogP contribution in [0, 0.1) is 0 Å². The molecule has 148 valence electrons. The molecule has 3 rings (SSSR count). The number of amides is 1. The molecule has 27 heavy (non-hydrogen) atoms. The molecule has 0 aromatic heterocycles. The van der Waals surface area contributed by atoms with Crippen molar-refractivity contribution in [1.82, 2.24) is 15.1 Å². The van der Waals surface area contributed by atoms with E-state index in [0.29, 0.717) is 13.1 Å². The lowest BCUT2D eigenvalue weighted by atomic mass is 10.0. The first-order valence-electron chi connectivity index (χ1n) is 9.74. The second kappa shape index (κ2) is 9.19. The number of aliphatic carboxylic acids is 1. The molecule has 7 nitrogen and oxygen atoms in total. The average molecular weight is 375 g/mol. The maximum atomic E-state index is 12.3. The number of fused-ring (bicyclic) bond motifs is 1. The highest BCUT2D eigenvalue weighted by Gasteiger charge is 2.27. The van der Waals surface area contributed by atoms with Gasteiger partial charge < -0.3 is 15.2 Å². The van der Waals surface area contributed by atoms with Gasteiger partial charge in [-0.3, -0.25) is 19.4 Å². The number of ether oxygens (including phenoxy) is 1. The predicted octanol–water partition coefficient (Wildman–Crippen LogP) is 0.977. The van der Waals surface area contributed by atoms with Crippen molar-refractivity contribution in [3.8, 4) is 5.75 Å². The van der Waals surface area contributed by atoms with E-state index in [1.807, 2.05) is 30.0 Å². The van der Waals surface area contributed by atoms with Gasteiger partial charge in [0.15, 0.2) is 0 Å². The smallest absolute Gasteiger partial charge is 0.317 e. The quantitative estimate of drug-likeness (QED) is 0.705. The first-order chi connectivity index (χ1) is 13.0. The number of nitrogens with one attached hydrogen (secondary N) is 1. The molecule has 1 aromatic carbocycles. The fourth-order valence-corrected chi connectivity index (χ4v) is 3.97. The van der Waals surface area contributed by atoms with Gasteiger partial charge in [0.25, 0.3) is 0 Å². The number of hydrogen-bond donors (Lipinski definition) is 2. The van der Waals surface area contributed by atoms with Crippen LogP contribution in [-0.4, -0.2) is 78.2 Å². The maximum Gasteiger partial charge on any atom is 0.317 e. The molecular weight excluding hydrogens is 346 g/mol. The standard InChI is InChI=1S/C20H29N3O4/c1-2-23(14-20(25)26)16-7-9-22(10-8-16)13-19(24)21-12-17-11-15-5-3-4-6-18(15)27-17/h3-6,16-17H,2,7-14H2,1H3,(H,21,24)(H,25,26). The van der Waals surface area contributed by atoms with Crippen molar-refractivity contribution in [3.63, 3.8) is 0 Å². The molecule has 2 N–H and O–H groups in total. The predicted molar refractivity (Wildman–Crippen MR) is 102 cm³/mol. The van der Waals surface area contributed by atoms with Gasteiger partial charge in [0.05, 0.1) is 19.6 Å². The topological polar surface area (TPSA) is 82.1 Å². The third-order valence-electron chi connectivity index (χ3n) is 5.43. The van der Waals surface area contributed by atoms with Crippen molar-refractivity contribution < 1.29 is 19.4 Å². The zero-order chi connectivity index (χ0) is 19.2. The molecule has 7 heteroatoms. The van der Waals surface area contributed by atoms with Gasteiger partial charge in [0.2, 0.25) is 5.91 Å². The fourth-order valence-electron chi connectivity index (χ4n) is 3.97. The first-order valence-corrected chi connectivity index (χ1v) is 9.74. The normalized spacial score (nSPS) is 20.3. The SMILES string of the molecule is CCN(CC(=O)O)C1CCN(CC(=O)NCC2Cc3ccccc3O2)CC1. The van der Waals surface area contributed by atoms with Crippen LogP contribution in [0.1, 0.15) is 25.3 Å². The van der Waals surface area contributed by atoms with E-state index in [1.165, 1.54) is 5.56 Å². The number of carbonyl (C=O) groups is 2. The number of carboxylic acid groups (broad SMARTS) is 1. The number of likely N-dealkylation sites (N-methyl/N-ethyl adjacent to an activating group) is 1. The lowest BCUT2D eigenvalue weighted by Crippen LogP contribution is -2.49. The lowest BCUT2D eigenvalue weighted by Gasteiger charge is -2.37. The van der Waals surface area contributed by atoms with Gasteiger partial charge in [-0.25, -0.2) is 0 Å². The highest BCUT2D eigenvalue weighted by atomic mass is 16.5. The van der Waals surface area contributed by atoms with Crippen molar-refractivity contribution in [2.45, 2.75) is 38.3 Å². The second-order valence-electron chi connectivity index (χ2n) is 7.32. The van der Waals surface area contributed by atoms with Gasteiger partial charge in [-0.2, -0.15) is 0 Å². The zero-order valence-corrected chi connectivity index (χ0v) is 15.9. The molecule has 1 aromatic rings. The molecule has 2 heterocycles. The van der Waals surface area contributed by atoms with Gasteiger partial charge in [0.1, 0.15) is 11.9 Å². The van der Waals surface area contributed by atoms with E-state index >= 15 is 0 Å². The Balaban J connectivity index is 1.36. The summed E-state index contributed by atoms with van der Waals surface area (Å²) in [6, 6.07) is 8.27. The van der Waals surface area contributed by atoms with Crippen LogP contribution in [0.15, 0.2) is 24.3 Å². The van der Waals surface area contributed by atoms with Crippen LogP contribution in [0.2, 0.25) is 0 Å². The van der Waals surface area contributed by atoms with E-state index in [-0.39, 0.29) is 24.6 Å². The Morgan fingerprint density at radius 3 is 2.70 bits per heavy atom. The molecule has 0 bridgehead atoms. The monoisotopic (exact) mass is 375 g/mol. The van der Waals surface area contributed by atoms with E-state index in [4.69, 9.17) is 9.84 Å². The minimum atomic E-state index is -0.782. The highest BCUT2D eigenvalue weighted by molar-refractivity contribution is 5.78. The molecule has 2 aliphatic heterocycles. The highest BCUT2D eigenvalue weighted by Crippen LogP contribution is 2.27. The first kappa shape index (κ1) is 19.6. The number of rotatable bonds is 8. The van der Waals surface area contributed by atoms with E-state index in [9.17, 15) is 9.59 Å². The largest absolute Gasteiger partial charge is 0.488 e. The van der Waals surface area contributed by atoms with Crippen LogP contribution >= 0.6 is 0 Å². The number of carbonyl (C=O) groups excluding carboxylic acids is 1. The second-order valence-corrected chi connectivity index (χ2v) is 7.32. The molecular formula is C20H29N3O4. The summed E-state index contributed by atoms with van der Waals surface area (Å²) in [5.74, 6) is 0.154. The molecule has 1 atom stereocenters. The van der Waals surface area contributed by atoms with Crippen LogP contribution in [0.5, 0.6) is 5.75 Å². The molecule has 0 spiro atoms. The van der Waals surface area contributed by atoms with Crippen LogP contribution in [-0.2, 0) is 16.0 Å². The number of piperidine rings is 1. The molecule has 1 saturated heterocycles. The Bertz CT molecular complexity index is 633. The van der Waals surface area contributed by atoms with Gasteiger partial charge in [-0.05, 0) is 31.0 Å². The summed E-state index contributed by atoms with van der Waals surface area (Å²) in [4.78, 5) is 27.4. The van der Waals surface area contributed by atoms with Gasteiger partial charge in [-0.1, -0.05) is 25.1 Å². The zero-order valence-electron chi connectivity index (χ0n) is 15.9. The summed E-state index contributed by atoms with van der Waals surface area (Å²) in [6.07, 6.45) is 2.63. The van der Waals surface area contributed by atoms with Crippen molar-refractivity contribution in [2.75, 3.05) is 39.3 Å². The van der Waals surface area contributed by atoms with Gasteiger partial charge in [-0.15, -0.1) is 0 Å². The number of nitrogens with zero attached hydrogens (tertiary/aromatic N) is 2. The Morgan fingerprint density at radius 2 is 2.04 bits per heavy atom. The Hall–Kier alpha value is -2.12. The van der Waals surface area contributed by atoms with Crippen LogP contribution in [0.4, 0.5) is 0 Å². The number of likely N-dealkylation sites (tertiary alicyclic amines) is 1. The molecule has 1 fully saturated rings.